The fourth-order valence-electron chi connectivity index (χ4n) is 1.74. The van der Waals surface area contributed by atoms with E-state index in [1.807, 2.05) is 30.9 Å². The molecule has 0 amide bonds. The number of rotatable bonds is 4. The lowest BCUT2D eigenvalue weighted by molar-refractivity contribution is 0.759. The molecule has 0 atom stereocenters. The maximum Gasteiger partial charge on any atom is 0.127 e. The van der Waals surface area contributed by atoms with E-state index in [9.17, 15) is 0 Å². The summed E-state index contributed by atoms with van der Waals surface area (Å²) >= 11 is 5.90. The molecule has 0 aliphatic heterocycles. The summed E-state index contributed by atoms with van der Waals surface area (Å²) in [4.78, 5) is 10.5. The SMILES string of the molecule is CN(Cc1nccn1C)c1ccncc1CCl. The van der Waals surface area contributed by atoms with E-state index in [2.05, 4.69) is 14.9 Å². The first-order chi connectivity index (χ1) is 8.22. The first-order valence-electron chi connectivity index (χ1n) is 5.38. The Balaban J connectivity index is 2.20. The lowest BCUT2D eigenvalue weighted by atomic mass is 10.2. The van der Waals surface area contributed by atoms with Crippen LogP contribution >= 0.6 is 11.6 Å². The molecule has 0 fully saturated rings. The molecular formula is C12H15ClN4. The Labute approximate surface area is 106 Å². The van der Waals surface area contributed by atoms with Crippen LogP contribution in [0.3, 0.4) is 0 Å². The van der Waals surface area contributed by atoms with Gasteiger partial charge in [-0.2, -0.15) is 0 Å². The van der Waals surface area contributed by atoms with Gasteiger partial charge in [0, 0.05) is 50.1 Å². The van der Waals surface area contributed by atoms with Crippen molar-refractivity contribution in [1.29, 1.82) is 0 Å². The monoisotopic (exact) mass is 250 g/mol. The van der Waals surface area contributed by atoms with Gasteiger partial charge in [0.1, 0.15) is 5.82 Å². The Morgan fingerprint density at radius 3 is 2.88 bits per heavy atom. The second-order valence-corrected chi connectivity index (χ2v) is 4.22. The van der Waals surface area contributed by atoms with E-state index >= 15 is 0 Å². The lowest BCUT2D eigenvalue weighted by Gasteiger charge is -2.21. The molecule has 0 aliphatic carbocycles. The highest BCUT2D eigenvalue weighted by Gasteiger charge is 2.09. The van der Waals surface area contributed by atoms with Crippen molar-refractivity contribution in [2.75, 3.05) is 11.9 Å². The van der Waals surface area contributed by atoms with Crippen molar-refractivity contribution in [3.63, 3.8) is 0 Å². The molecule has 0 N–H and O–H groups in total. The van der Waals surface area contributed by atoms with Gasteiger partial charge in [0.25, 0.3) is 0 Å². The number of imidazole rings is 1. The predicted molar refractivity (Wildman–Crippen MR) is 69.1 cm³/mol. The normalized spacial score (nSPS) is 10.5. The van der Waals surface area contributed by atoms with Crippen molar-refractivity contribution in [1.82, 2.24) is 14.5 Å². The lowest BCUT2D eigenvalue weighted by Crippen LogP contribution is -2.20. The third-order valence-corrected chi connectivity index (χ3v) is 3.02. The minimum Gasteiger partial charge on any atom is -0.367 e. The first kappa shape index (κ1) is 11.9. The van der Waals surface area contributed by atoms with Crippen LogP contribution in [0.15, 0.2) is 30.9 Å². The standard InChI is InChI=1S/C12H15ClN4/c1-16-6-5-15-12(16)9-17(2)11-3-4-14-8-10(11)7-13/h3-6,8H,7,9H2,1-2H3. The van der Waals surface area contributed by atoms with E-state index in [0.29, 0.717) is 5.88 Å². The Morgan fingerprint density at radius 2 is 2.24 bits per heavy atom. The molecule has 0 aliphatic rings. The van der Waals surface area contributed by atoms with E-state index in [1.54, 1.807) is 18.6 Å². The van der Waals surface area contributed by atoms with E-state index < -0.39 is 0 Å². The Morgan fingerprint density at radius 1 is 1.41 bits per heavy atom. The molecule has 4 nitrogen and oxygen atoms in total. The third kappa shape index (κ3) is 2.58. The summed E-state index contributed by atoms with van der Waals surface area (Å²) in [6.07, 6.45) is 7.33. The molecule has 2 heterocycles. The molecule has 0 unspecified atom stereocenters. The molecule has 2 aromatic rings. The number of nitrogens with zero attached hydrogens (tertiary/aromatic N) is 4. The highest BCUT2D eigenvalue weighted by molar-refractivity contribution is 6.17. The van der Waals surface area contributed by atoms with Crippen molar-refractivity contribution in [2.24, 2.45) is 7.05 Å². The van der Waals surface area contributed by atoms with E-state index in [1.165, 1.54) is 0 Å². The minimum atomic E-state index is 0.466. The fourth-order valence-corrected chi connectivity index (χ4v) is 1.95. The molecule has 0 bridgehead atoms. The van der Waals surface area contributed by atoms with Gasteiger partial charge in [0.2, 0.25) is 0 Å². The highest BCUT2D eigenvalue weighted by Crippen LogP contribution is 2.20. The zero-order valence-corrected chi connectivity index (χ0v) is 10.7. The van der Waals surface area contributed by atoms with Gasteiger partial charge in [0.15, 0.2) is 0 Å². The van der Waals surface area contributed by atoms with Crippen LogP contribution in [0.1, 0.15) is 11.4 Å². The van der Waals surface area contributed by atoms with Crippen molar-refractivity contribution in [3.8, 4) is 0 Å². The zero-order chi connectivity index (χ0) is 12.3. The summed E-state index contributed by atoms with van der Waals surface area (Å²) in [6.45, 7) is 0.747. The molecule has 17 heavy (non-hydrogen) atoms. The minimum absolute atomic E-state index is 0.466. The van der Waals surface area contributed by atoms with Crippen LogP contribution in [-0.2, 0) is 19.5 Å². The van der Waals surface area contributed by atoms with Crippen molar-refractivity contribution < 1.29 is 0 Å². The maximum atomic E-state index is 5.90. The zero-order valence-electron chi connectivity index (χ0n) is 9.97. The summed E-state index contributed by atoms with van der Waals surface area (Å²) < 4.78 is 2.01. The van der Waals surface area contributed by atoms with Gasteiger partial charge >= 0.3 is 0 Å². The topological polar surface area (TPSA) is 34.0 Å². The highest BCUT2D eigenvalue weighted by atomic mass is 35.5. The summed E-state index contributed by atoms with van der Waals surface area (Å²) in [7, 11) is 4.02. The molecule has 0 spiro atoms. The Hall–Kier alpha value is -1.55. The van der Waals surface area contributed by atoms with Crippen LogP contribution in [0.25, 0.3) is 0 Å². The van der Waals surface area contributed by atoms with Gasteiger partial charge in [-0.15, -0.1) is 11.6 Å². The number of pyridine rings is 1. The largest absolute Gasteiger partial charge is 0.367 e. The van der Waals surface area contributed by atoms with Gasteiger partial charge in [-0.25, -0.2) is 4.98 Å². The number of aromatic nitrogens is 3. The van der Waals surface area contributed by atoms with Crippen LogP contribution in [-0.4, -0.2) is 21.6 Å². The summed E-state index contributed by atoms with van der Waals surface area (Å²) in [5.74, 6) is 1.48. The van der Waals surface area contributed by atoms with Crippen LogP contribution < -0.4 is 4.90 Å². The number of halogens is 1. The third-order valence-electron chi connectivity index (χ3n) is 2.73. The first-order valence-corrected chi connectivity index (χ1v) is 5.92. The molecule has 0 saturated carbocycles. The van der Waals surface area contributed by atoms with Gasteiger partial charge in [-0.3, -0.25) is 4.98 Å². The molecular weight excluding hydrogens is 236 g/mol. The maximum absolute atomic E-state index is 5.90. The number of anilines is 1. The Kier molecular flexibility index (Phi) is 3.64. The van der Waals surface area contributed by atoms with E-state index in [0.717, 1.165) is 23.6 Å². The van der Waals surface area contributed by atoms with Crippen LogP contribution in [0.5, 0.6) is 0 Å². The Bertz CT molecular complexity index is 495. The molecule has 5 heteroatoms. The second-order valence-electron chi connectivity index (χ2n) is 3.95. The van der Waals surface area contributed by atoms with Crippen molar-refractivity contribution in [2.45, 2.75) is 12.4 Å². The van der Waals surface area contributed by atoms with Gasteiger partial charge in [-0.05, 0) is 6.07 Å². The molecule has 0 aromatic carbocycles. The molecule has 2 aromatic heterocycles. The van der Waals surface area contributed by atoms with Crippen molar-refractivity contribution in [3.05, 3.63) is 42.2 Å². The molecule has 0 radical (unpaired) electrons. The van der Waals surface area contributed by atoms with E-state index in [4.69, 9.17) is 11.6 Å². The second kappa shape index (κ2) is 5.19. The smallest absolute Gasteiger partial charge is 0.127 e. The van der Waals surface area contributed by atoms with E-state index in [-0.39, 0.29) is 0 Å². The number of alkyl halides is 1. The molecule has 0 saturated heterocycles. The summed E-state index contributed by atoms with van der Waals surface area (Å²) in [6, 6.07) is 1.97. The average molecular weight is 251 g/mol. The van der Waals surface area contributed by atoms with Crippen LogP contribution in [0, 0.1) is 0 Å². The van der Waals surface area contributed by atoms with Crippen LogP contribution in [0.2, 0.25) is 0 Å². The van der Waals surface area contributed by atoms with Gasteiger partial charge in [0.05, 0.1) is 12.4 Å². The van der Waals surface area contributed by atoms with Crippen LogP contribution in [0.4, 0.5) is 5.69 Å². The number of aryl methyl sites for hydroxylation is 1. The van der Waals surface area contributed by atoms with Gasteiger partial charge in [-0.1, -0.05) is 0 Å². The molecule has 2 rings (SSSR count). The fraction of sp³-hybridized carbons (Fsp3) is 0.333. The summed E-state index contributed by atoms with van der Waals surface area (Å²) in [5.41, 5.74) is 2.13. The summed E-state index contributed by atoms with van der Waals surface area (Å²) in [5, 5.41) is 0. The number of hydrogen-bond acceptors (Lipinski definition) is 3. The van der Waals surface area contributed by atoms with Crippen molar-refractivity contribution >= 4 is 17.3 Å². The average Bonchev–Trinajstić information content (AvgIpc) is 2.75. The molecule has 90 valence electrons. The number of hydrogen-bond donors (Lipinski definition) is 0. The quantitative estimate of drug-likeness (QED) is 0.780. The van der Waals surface area contributed by atoms with Gasteiger partial charge < -0.3 is 9.47 Å². The predicted octanol–water partition coefficient (Wildman–Crippen LogP) is 2.19.